The van der Waals surface area contributed by atoms with E-state index in [0.29, 0.717) is 0 Å². The van der Waals surface area contributed by atoms with Crippen molar-refractivity contribution >= 4 is 83.6 Å². The van der Waals surface area contributed by atoms with Crippen LogP contribution in [0.3, 0.4) is 0 Å². The van der Waals surface area contributed by atoms with Gasteiger partial charge >= 0.3 is 0 Å². The van der Waals surface area contributed by atoms with Crippen molar-refractivity contribution in [3.63, 3.8) is 0 Å². The van der Waals surface area contributed by atoms with Crippen molar-refractivity contribution in [2.75, 3.05) is 0 Å². The van der Waals surface area contributed by atoms with Crippen LogP contribution in [0.25, 0.3) is 0 Å². The van der Waals surface area contributed by atoms with Crippen LogP contribution in [-0.2, 0) is 9.59 Å². The van der Waals surface area contributed by atoms with E-state index in [1.807, 2.05) is 0 Å². The van der Waals surface area contributed by atoms with E-state index in [-0.39, 0.29) is 65.3 Å². The summed E-state index contributed by atoms with van der Waals surface area (Å²) in [7, 11) is 0. The molecule has 0 aromatic heterocycles. The van der Waals surface area contributed by atoms with Crippen molar-refractivity contribution < 1.29 is 36.2 Å². The van der Waals surface area contributed by atoms with Crippen molar-refractivity contribution in [2.45, 2.75) is 0 Å². The summed E-state index contributed by atoms with van der Waals surface area (Å²) >= 11 is 10.4. The van der Waals surface area contributed by atoms with Crippen LogP contribution in [0.2, 0.25) is 0 Å². The number of Topliss-reactive ketones (excluding diaryl/α,β-unsaturated/α-hetero) is 2. The van der Waals surface area contributed by atoms with Crippen LogP contribution in [0.5, 0.6) is 0 Å². The van der Waals surface area contributed by atoms with Gasteiger partial charge in [-0.05, 0) is 0 Å². The fourth-order valence-electron chi connectivity index (χ4n) is 0.622. The summed E-state index contributed by atoms with van der Waals surface area (Å²) in [4.78, 5) is 21.6. The van der Waals surface area contributed by atoms with Gasteiger partial charge in [-0.2, -0.15) is 0 Å². The van der Waals surface area contributed by atoms with Crippen molar-refractivity contribution in [2.24, 2.45) is 0 Å². The number of hydrogen-bond acceptors (Lipinski definition) is 4. The molecular formula is C6H8BaCl2O7. The Hall–Kier alpha value is 0.451. The van der Waals surface area contributed by atoms with Gasteiger partial charge in [0, 0.05) is 48.9 Å². The van der Waals surface area contributed by atoms with Crippen molar-refractivity contribution in [1.29, 1.82) is 0 Å². The number of halogens is 2. The molecule has 0 unspecified atom stereocenters. The fourth-order valence-corrected chi connectivity index (χ4v) is 0.973. The van der Waals surface area contributed by atoms with Crippen LogP contribution >= 0.6 is 23.2 Å². The van der Waals surface area contributed by atoms with Crippen LogP contribution in [-0.4, -0.2) is 87.1 Å². The fraction of sp³-hybridized carbons (Fsp3) is 0. The molecule has 2 radical (unpaired) electrons. The number of ketones is 2. The molecule has 0 saturated carbocycles. The Morgan fingerprint density at radius 1 is 0.750 bits per heavy atom. The number of aliphatic hydroxyl groups is 2. The first-order chi connectivity index (χ1) is 5.46. The summed E-state index contributed by atoms with van der Waals surface area (Å²) in [6.07, 6.45) is 0. The number of carbonyl (C=O) groups excluding carboxylic acids is 2. The molecular weight excluding hydrogens is 392 g/mol. The van der Waals surface area contributed by atoms with Crippen LogP contribution in [0, 0.1) is 0 Å². The van der Waals surface area contributed by atoms with Gasteiger partial charge in [-0.25, -0.2) is 0 Å². The maximum Gasteiger partial charge on any atom is 0.244 e. The van der Waals surface area contributed by atoms with E-state index in [9.17, 15) is 9.59 Å². The van der Waals surface area contributed by atoms with Gasteiger partial charge in [-0.1, -0.05) is 23.2 Å². The first kappa shape index (κ1) is 25.3. The van der Waals surface area contributed by atoms with Crippen LogP contribution < -0.4 is 0 Å². The van der Waals surface area contributed by atoms with E-state index in [1.165, 1.54) is 0 Å². The maximum absolute atomic E-state index is 10.8. The van der Waals surface area contributed by atoms with Gasteiger partial charge in [-0.15, -0.1) is 0 Å². The number of carbonyl (C=O) groups is 2. The summed E-state index contributed by atoms with van der Waals surface area (Å²) in [6, 6.07) is 0. The molecule has 0 amide bonds. The molecule has 0 heterocycles. The summed E-state index contributed by atoms with van der Waals surface area (Å²) in [6.45, 7) is 0. The summed E-state index contributed by atoms with van der Waals surface area (Å²) in [5, 5.41) is 16.3. The third-order valence-corrected chi connectivity index (χ3v) is 1.95. The van der Waals surface area contributed by atoms with Crippen molar-refractivity contribution in [3.8, 4) is 0 Å². The number of aliphatic hydroxyl groups excluding tert-OH is 2. The molecule has 0 spiro atoms. The minimum Gasteiger partial charge on any atom is -0.503 e. The molecule has 0 atom stereocenters. The van der Waals surface area contributed by atoms with E-state index in [2.05, 4.69) is 0 Å². The minimum absolute atomic E-state index is 0. The number of hydrogen-bond donors (Lipinski definition) is 2. The monoisotopic (exact) mass is 400 g/mol. The van der Waals surface area contributed by atoms with E-state index in [0.717, 1.165) is 0 Å². The quantitative estimate of drug-likeness (QED) is 0.365. The largest absolute Gasteiger partial charge is 0.503 e. The molecule has 1 aliphatic carbocycles. The molecule has 0 aliphatic heterocycles. The number of allylic oxidation sites excluding steroid dienone is 2. The third-order valence-electron chi connectivity index (χ3n) is 1.24. The van der Waals surface area contributed by atoms with Crippen molar-refractivity contribution in [3.05, 3.63) is 21.6 Å². The van der Waals surface area contributed by atoms with E-state index in [4.69, 9.17) is 33.4 Å². The van der Waals surface area contributed by atoms with Gasteiger partial charge in [0.05, 0.1) is 0 Å². The molecule has 1 aliphatic rings. The van der Waals surface area contributed by atoms with Crippen molar-refractivity contribution in [1.82, 2.24) is 0 Å². The predicted molar refractivity (Wildman–Crippen MR) is 57.6 cm³/mol. The Bertz CT molecular complexity index is 287. The van der Waals surface area contributed by atoms with Gasteiger partial charge in [0.15, 0.2) is 11.5 Å². The Morgan fingerprint density at radius 2 is 0.938 bits per heavy atom. The Kier molecular flexibility index (Phi) is 15.0. The molecule has 0 aromatic rings. The zero-order valence-electron chi connectivity index (χ0n) is 7.67. The molecule has 10 heteroatoms. The summed E-state index contributed by atoms with van der Waals surface area (Å²) in [5.41, 5.74) is 0. The van der Waals surface area contributed by atoms with Gasteiger partial charge in [0.25, 0.3) is 0 Å². The van der Waals surface area contributed by atoms with E-state index in [1.54, 1.807) is 0 Å². The minimum atomic E-state index is -1.06. The van der Waals surface area contributed by atoms with Gasteiger partial charge in [0.2, 0.25) is 11.6 Å². The SMILES string of the molecule is O.O.O.O=C1C(O)=C(Cl)C(=O)C(O)=C1Cl.[Ba]. The van der Waals surface area contributed by atoms with Crippen LogP contribution in [0.15, 0.2) is 21.6 Å². The molecule has 0 aromatic carbocycles. The standard InChI is InChI=1S/C6H2Cl2O4.Ba.3H2O/c7-1-3(9)5(11)2(8)6(12)4(1)10;;;;/h9,12H;;3*1H2. The van der Waals surface area contributed by atoms with Gasteiger partial charge in [0.1, 0.15) is 10.1 Å². The topological polar surface area (TPSA) is 169 Å². The van der Waals surface area contributed by atoms with E-state index >= 15 is 0 Å². The molecule has 16 heavy (non-hydrogen) atoms. The third kappa shape index (κ3) is 4.37. The van der Waals surface area contributed by atoms with Crippen LogP contribution in [0.4, 0.5) is 0 Å². The smallest absolute Gasteiger partial charge is 0.244 e. The predicted octanol–water partition coefficient (Wildman–Crippen LogP) is -1.70. The van der Waals surface area contributed by atoms with E-state index < -0.39 is 33.1 Å². The molecule has 0 fully saturated rings. The second kappa shape index (κ2) is 9.48. The molecule has 7 nitrogen and oxygen atoms in total. The molecule has 0 saturated heterocycles. The Balaban J connectivity index is -0.000000180. The zero-order chi connectivity index (χ0) is 9.46. The normalized spacial score (nSPS) is 14.4. The molecule has 8 N–H and O–H groups in total. The average Bonchev–Trinajstić information content (AvgIpc) is 2.08. The Morgan fingerprint density at radius 3 is 1.12 bits per heavy atom. The second-order valence-electron chi connectivity index (χ2n) is 1.98. The number of rotatable bonds is 0. The summed E-state index contributed by atoms with van der Waals surface area (Å²) in [5.74, 6) is -3.99. The van der Waals surface area contributed by atoms with Gasteiger partial charge < -0.3 is 26.6 Å². The second-order valence-corrected chi connectivity index (χ2v) is 2.74. The maximum atomic E-state index is 10.8. The summed E-state index contributed by atoms with van der Waals surface area (Å²) < 4.78 is 0. The molecule has 1 rings (SSSR count). The average molecular weight is 400 g/mol. The first-order valence-corrected chi connectivity index (χ1v) is 3.49. The van der Waals surface area contributed by atoms with Crippen LogP contribution in [0.1, 0.15) is 0 Å². The Labute approximate surface area is 140 Å². The molecule has 0 bridgehead atoms. The first-order valence-electron chi connectivity index (χ1n) is 2.73. The zero-order valence-corrected chi connectivity index (χ0v) is 13.6. The molecule has 90 valence electrons. The van der Waals surface area contributed by atoms with Gasteiger partial charge in [-0.3, -0.25) is 9.59 Å².